The van der Waals surface area contributed by atoms with Crippen LogP contribution in [0.25, 0.3) is 10.9 Å². The largest absolute Gasteiger partial charge is 0.497 e. The van der Waals surface area contributed by atoms with Gasteiger partial charge in [0.2, 0.25) is 0 Å². The molecule has 5 rings (SSSR count). The van der Waals surface area contributed by atoms with Crippen LogP contribution in [0.4, 0.5) is 0 Å². The second kappa shape index (κ2) is 10.0. The van der Waals surface area contributed by atoms with E-state index in [-0.39, 0.29) is 6.10 Å². The normalized spacial score (nSPS) is 16.7. The molecule has 170 valence electrons. The lowest BCUT2D eigenvalue weighted by Gasteiger charge is -2.32. The zero-order valence-electron chi connectivity index (χ0n) is 18.7. The summed E-state index contributed by atoms with van der Waals surface area (Å²) in [6.45, 7) is 3.86. The van der Waals surface area contributed by atoms with E-state index >= 15 is 0 Å². The second-order valence-electron chi connectivity index (χ2n) is 8.22. The third kappa shape index (κ3) is 5.32. The molecule has 7 heteroatoms. The summed E-state index contributed by atoms with van der Waals surface area (Å²) >= 11 is 0. The van der Waals surface area contributed by atoms with E-state index in [1.165, 1.54) is 10.9 Å². The summed E-state index contributed by atoms with van der Waals surface area (Å²) in [7, 11) is 1.65. The Morgan fingerprint density at radius 1 is 1.09 bits per heavy atom. The Bertz CT molecular complexity index is 1210. The molecule has 0 unspecified atom stereocenters. The number of aromatic amines is 1. The fourth-order valence-electron chi connectivity index (χ4n) is 4.15. The van der Waals surface area contributed by atoms with Gasteiger partial charge >= 0.3 is 0 Å². The number of benzene rings is 2. The molecule has 1 fully saturated rings. The Balaban J connectivity index is 1.16. The first-order chi connectivity index (χ1) is 16.3. The number of hydrogen-bond donors (Lipinski definition) is 1. The van der Waals surface area contributed by atoms with Crippen LogP contribution < -0.4 is 9.47 Å². The SMILES string of the molecule is COc1cccc(OCCc2cc([C@@H]3CN(Cc4ccc5ncccc5c4)CCO3)n[nH]2)c1. The van der Waals surface area contributed by atoms with Gasteiger partial charge in [0, 0.05) is 49.4 Å². The van der Waals surface area contributed by atoms with E-state index in [0.717, 1.165) is 54.5 Å². The van der Waals surface area contributed by atoms with E-state index in [9.17, 15) is 0 Å². The number of aromatic nitrogens is 3. The molecule has 7 nitrogen and oxygen atoms in total. The van der Waals surface area contributed by atoms with Crippen LogP contribution in [-0.4, -0.2) is 53.5 Å². The third-order valence-corrected chi connectivity index (χ3v) is 5.89. The van der Waals surface area contributed by atoms with Crippen LogP contribution >= 0.6 is 0 Å². The maximum Gasteiger partial charge on any atom is 0.123 e. The van der Waals surface area contributed by atoms with Crippen molar-refractivity contribution in [2.45, 2.75) is 19.1 Å². The van der Waals surface area contributed by atoms with Crippen LogP contribution in [0.3, 0.4) is 0 Å². The molecule has 0 spiro atoms. The predicted octanol–water partition coefficient (Wildman–Crippen LogP) is 4.16. The lowest BCUT2D eigenvalue weighted by atomic mass is 10.1. The molecule has 2 aromatic heterocycles. The molecule has 0 bridgehead atoms. The van der Waals surface area contributed by atoms with Gasteiger partial charge in [-0.15, -0.1) is 0 Å². The smallest absolute Gasteiger partial charge is 0.123 e. The molecule has 1 aliphatic heterocycles. The van der Waals surface area contributed by atoms with E-state index < -0.39 is 0 Å². The first-order valence-corrected chi connectivity index (χ1v) is 11.3. The fraction of sp³-hybridized carbons (Fsp3) is 0.308. The molecule has 1 atom stereocenters. The highest BCUT2D eigenvalue weighted by molar-refractivity contribution is 5.78. The van der Waals surface area contributed by atoms with Gasteiger partial charge in [-0.2, -0.15) is 5.10 Å². The molecule has 4 aromatic rings. The van der Waals surface area contributed by atoms with Gasteiger partial charge in [-0.3, -0.25) is 15.0 Å². The number of nitrogens with one attached hydrogen (secondary N) is 1. The van der Waals surface area contributed by atoms with Gasteiger partial charge in [-0.25, -0.2) is 0 Å². The van der Waals surface area contributed by atoms with Gasteiger partial charge in [-0.05, 0) is 42.0 Å². The number of pyridine rings is 1. The van der Waals surface area contributed by atoms with Crippen molar-refractivity contribution in [2.75, 3.05) is 33.4 Å². The monoisotopic (exact) mass is 444 g/mol. The molecule has 1 saturated heterocycles. The zero-order valence-corrected chi connectivity index (χ0v) is 18.7. The molecule has 1 aliphatic rings. The van der Waals surface area contributed by atoms with Gasteiger partial charge in [0.15, 0.2) is 0 Å². The average molecular weight is 445 g/mol. The van der Waals surface area contributed by atoms with E-state index in [0.29, 0.717) is 13.2 Å². The summed E-state index contributed by atoms with van der Waals surface area (Å²) in [6, 6.07) is 20.3. The summed E-state index contributed by atoms with van der Waals surface area (Å²) in [5.41, 5.74) is 4.29. The maximum atomic E-state index is 6.04. The molecule has 3 heterocycles. The molecular formula is C26H28N4O3. The van der Waals surface area contributed by atoms with Crippen molar-refractivity contribution < 1.29 is 14.2 Å². The van der Waals surface area contributed by atoms with Crippen molar-refractivity contribution in [3.8, 4) is 11.5 Å². The third-order valence-electron chi connectivity index (χ3n) is 5.89. The summed E-state index contributed by atoms with van der Waals surface area (Å²) in [6.07, 6.45) is 2.54. The van der Waals surface area contributed by atoms with Crippen LogP contribution in [0.1, 0.15) is 23.1 Å². The number of nitrogens with zero attached hydrogens (tertiary/aromatic N) is 3. The molecule has 0 saturated carbocycles. The van der Waals surface area contributed by atoms with E-state index in [4.69, 9.17) is 14.2 Å². The summed E-state index contributed by atoms with van der Waals surface area (Å²) in [4.78, 5) is 6.83. The van der Waals surface area contributed by atoms with Crippen molar-refractivity contribution in [1.82, 2.24) is 20.1 Å². The Morgan fingerprint density at radius 2 is 2.03 bits per heavy atom. The van der Waals surface area contributed by atoms with Crippen LogP contribution in [0.2, 0.25) is 0 Å². The standard InChI is InChI=1S/C26H28N4O3/c1-31-22-5-2-6-23(16-22)32-12-9-21-15-25(29-28-21)26-18-30(11-13-33-26)17-19-7-8-24-20(14-19)4-3-10-27-24/h2-8,10,14-16,26H,9,11-13,17-18H2,1H3,(H,28,29)/t26-/m0/s1. The first kappa shape index (κ1) is 21.4. The minimum absolute atomic E-state index is 0.0369. The summed E-state index contributed by atoms with van der Waals surface area (Å²) in [5.74, 6) is 1.58. The predicted molar refractivity (Wildman–Crippen MR) is 126 cm³/mol. The van der Waals surface area contributed by atoms with E-state index in [1.54, 1.807) is 7.11 Å². The topological polar surface area (TPSA) is 72.5 Å². The fourth-order valence-corrected chi connectivity index (χ4v) is 4.15. The number of morpholine rings is 1. The number of methoxy groups -OCH3 is 1. The summed E-state index contributed by atoms with van der Waals surface area (Å²) in [5, 5.41) is 8.83. The molecular weight excluding hydrogens is 416 g/mol. The summed E-state index contributed by atoms with van der Waals surface area (Å²) < 4.78 is 17.1. The van der Waals surface area contributed by atoms with Gasteiger partial charge in [0.1, 0.15) is 17.6 Å². The van der Waals surface area contributed by atoms with Crippen molar-refractivity contribution in [3.05, 3.63) is 83.8 Å². The number of rotatable bonds is 8. The number of ether oxygens (including phenoxy) is 3. The Hall–Kier alpha value is -3.42. The molecule has 1 N–H and O–H groups in total. The second-order valence-corrected chi connectivity index (χ2v) is 8.22. The van der Waals surface area contributed by atoms with Crippen molar-refractivity contribution in [2.24, 2.45) is 0 Å². The Morgan fingerprint density at radius 3 is 2.97 bits per heavy atom. The van der Waals surface area contributed by atoms with Gasteiger partial charge in [-0.1, -0.05) is 18.2 Å². The molecule has 0 amide bonds. The molecule has 0 radical (unpaired) electrons. The van der Waals surface area contributed by atoms with Gasteiger partial charge in [0.25, 0.3) is 0 Å². The minimum atomic E-state index is -0.0369. The highest BCUT2D eigenvalue weighted by Gasteiger charge is 2.24. The Labute approximate surface area is 193 Å². The average Bonchev–Trinajstić information content (AvgIpc) is 3.33. The van der Waals surface area contributed by atoms with Crippen molar-refractivity contribution in [1.29, 1.82) is 0 Å². The number of fused-ring (bicyclic) bond motifs is 1. The zero-order chi connectivity index (χ0) is 22.5. The molecule has 2 aromatic carbocycles. The van der Waals surface area contributed by atoms with E-state index in [2.05, 4.69) is 50.4 Å². The lowest BCUT2D eigenvalue weighted by molar-refractivity contribution is -0.0350. The van der Waals surface area contributed by atoms with E-state index in [1.807, 2.05) is 36.5 Å². The van der Waals surface area contributed by atoms with Crippen molar-refractivity contribution in [3.63, 3.8) is 0 Å². The quantitative estimate of drug-likeness (QED) is 0.440. The van der Waals surface area contributed by atoms with Crippen LogP contribution in [0.5, 0.6) is 11.5 Å². The Kier molecular flexibility index (Phi) is 6.51. The number of hydrogen-bond acceptors (Lipinski definition) is 6. The first-order valence-electron chi connectivity index (χ1n) is 11.3. The van der Waals surface area contributed by atoms with Gasteiger partial charge in [0.05, 0.1) is 31.5 Å². The van der Waals surface area contributed by atoms with Gasteiger partial charge < -0.3 is 14.2 Å². The minimum Gasteiger partial charge on any atom is -0.497 e. The highest BCUT2D eigenvalue weighted by atomic mass is 16.5. The van der Waals surface area contributed by atoms with Crippen LogP contribution in [-0.2, 0) is 17.7 Å². The van der Waals surface area contributed by atoms with Crippen LogP contribution in [0.15, 0.2) is 66.9 Å². The maximum absolute atomic E-state index is 6.04. The lowest BCUT2D eigenvalue weighted by Crippen LogP contribution is -2.37. The van der Waals surface area contributed by atoms with Crippen molar-refractivity contribution >= 4 is 10.9 Å². The molecule has 33 heavy (non-hydrogen) atoms. The highest BCUT2D eigenvalue weighted by Crippen LogP contribution is 2.24. The number of H-pyrrole nitrogens is 1. The van der Waals surface area contributed by atoms with Crippen LogP contribution in [0, 0.1) is 0 Å². The molecule has 0 aliphatic carbocycles.